The number of carbonyl (C=O) groups is 2. The summed E-state index contributed by atoms with van der Waals surface area (Å²) in [7, 11) is 0. The van der Waals surface area contributed by atoms with Gasteiger partial charge in [-0.25, -0.2) is 5.43 Å². The number of carbonyl (C=O) groups excluding carboxylic acids is 2. The van der Waals surface area contributed by atoms with Gasteiger partial charge in [-0.05, 0) is 63.1 Å². The molecule has 0 spiro atoms. The first kappa shape index (κ1) is 20.4. The Kier molecular flexibility index (Phi) is 7.74. The van der Waals surface area contributed by atoms with Crippen LogP contribution < -0.4 is 10.7 Å². The van der Waals surface area contributed by atoms with Crippen LogP contribution in [-0.2, 0) is 0 Å². The quantitative estimate of drug-likeness (QED) is 0.395. The van der Waals surface area contributed by atoms with Gasteiger partial charge in [-0.3, -0.25) is 9.59 Å². The van der Waals surface area contributed by atoms with Crippen LogP contribution in [0.2, 0.25) is 0 Å². The molecule has 142 valence electrons. The molecule has 0 unspecified atom stereocenters. The van der Waals surface area contributed by atoms with Crippen LogP contribution in [0.4, 0.5) is 5.69 Å². The third-order valence-corrected chi connectivity index (χ3v) is 4.18. The van der Waals surface area contributed by atoms with E-state index < -0.39 is 0 Å². The molecule has 0 aliphatic heterocycles. The summed E-state index contributed by atoms with van der Waals surface area (Å²) in [6, 6.07) is 14.1. The number of hydrogen-bond acceptors (Lipinski definition) is 3. The molecule has 27 heavy (non-hydrogen) atoms. The summed E-state index contributed by atoms with van der Waals surface area (Å²) < 4.78 is 0. The van der Waals surface area contributed by atoms with E-state index in [1.165, 1.54) is 0 Å². The number of unbranched alkanes of at least 4 members (excludes halogenated alkanes) is 2. The second-order valence-corrected chi connectivity index (χ2v) is 6.65. The molecular formula is C22H27N3O2. The van der Waals surface area contributed by atoms with E-state index in [1.54, 1.807) is 30.3 Å². The SMILES string of the molecule is CCCCC/C(C)=N/NC(=O)c1ccc(NC(=O)c2cccc(C)c2)cc1. The van der Waals surface area contributed by atoms with E-state index in [0.717, 1.165) is 37.0 Å². The maximum Gasteiger partial charge on any atom is 0.271 e. The molecule has 2 rings (SSSR count). The Morgan fingerprint density at radius 2 is 1.70 bits per heavy atom. The molecule has 0 bridgehead atoms. The fourth-order valence-electron chi connectivity index (χ4n) is 2.59. The zero-order valence-corrected chi connectivity index (χ0v) is 16.2. The lowest BCUT2D eigenvalue weighted by molar-refractivity contribution is 0.0954. The zero-order chi connectivity index (χ0) is 19.6. The van der Waals surface area contributed by atoms with E-state index in [2.05, 4.69) is 22.8 Å². The van der Waals surface area contributed by atoms with Gasteiger partial charge in [-0.15, -0.1) is 0 Å². The summed E-state index contributed by atoms with van der Waals surface area (Å²) in [5.74, 6) is -0.440. The van der Waals surface area contributed by atoms with Crippen molar-refractivity contribution in [3.8, 4) is 0 Å². The molecule has 0 atom stereocenters. The predicted molar refractivity (Wildman–Crippen MR) is 110 cm³/mol. The number of nitrogens with one attached hydrogen (secondary N) is 2. The lowest BCUT2D eigenvalue weighted by atomic mass is 10.1. The minimum atomic E-state index is -0.263. The molecule has 0 heterocycles. The third kappa shape index (κ3) is 6.70. The molecule has 0 aromatic heterocycles. The highest BCUT2D eigenvalue weighted by Crippen LogP contribution is 2.12. The predicted octanol–water partition coefficient (Wildman–Crippen LogP) is 4.93. The summed E-state index contributed by atoms with van der Waals surface area (Å²) in [5.41, 5.74) is 6.26. The van der Waals surface area contributed by atoms with E-state index in [9.17, 15) is 9.59 Å². The van der Waals surface area contributed by atoms with Crippen LogP contribution in [0.15, 0.2) is 53.6 Å². The van der Waals surface area contributed by atoms with Gasteiger partial charge in [0.05, 0.1) is 0 Å². The van der Waals surface area contributed by atoms with Crippen LogP contribution in [0.3, 0.4) is 0 Å². The molecule has 0 aliphatic rings. The van der Waals surface area contributed by atoms with Crippen LogP contribution in [-0.4, -0.2) is 17.5 Å². The standard InChI is InChI=1S/C22H27N3O2/c1-4-5-6-9-17(3)24-25-22(27)18-11-13-20(14-12-18)23-21(26)19-10-7-8-16(2)15-19/h7-8,10-15H,4-6,9H2,1-3H3,(H,23,26)(H,25,27)/b24-17+. The number of benzene rings is 2. The first-order valence-electron chi connectivity index (χ1n) is 9.31. The van der Waals surface area contributed by atoms with Crippen LogP contribution >= 0.6 is 0 Å². The molecule has 0 saturated heterocycles. The Labute approximate surface area is 160 Å². The highest BCUT2D eigenvalue weighted by molar-refractivity contribution is 6.04. The van der Waals surface area contributed by atoms with Gasteiger partial charge in [0.2, 0.25) is 0 Å². The first-order valence-corrected chi connectivity index (χ1v) is 9.31. The van der Waals surface area contributed by atoms with E-state index >= 15 is 0 Å². The number of hydrazone groups is 1. The lowest BCUT2D eigenvalue weighted by Gasteiger charge is -2.07. The number of nitrogens with zero attached hydrogens (tertiary/aromatic N) is 1. The van der Waals surface area contributed by atoms with Gasteiger partial charge in [-0.1, -0.05) is 37.5 Å². The number of amides is 2. The zero-order valence-electron chi connectivity index (χ0n) is 16.2. The van der Waals surface area contributed by atoms with Crippen molar-refractivity contribution in [1.82, 2.24) is 5.43 Å². The number of rotatable bonds is 8. The van der Waals surface area contributed by atoms with Crippen molar-refractivity contribution >= 4 is 23.2 Å². The molecular weight excluding hydrogens is 338 g/mol. The second kappa shape index (κ2) is 10.3. The highest BCUT2D eigenvalue weighted by atomic mass is 16.2. The Balaban J connectivity index is 1.91. The van der Waals surface area contributed by atoms with Crippen molar-refractivity contribution in [2.75, 3.05) is 5.32 Å². The summed E-state index contributed by atoms with van der Waals surface area (Å²) in [4.78, 5) is 24.4. The number of anilines is 1. The topological polar surface area (TPSA) is 70.6 Å². The van der Waals surface area contributed by atoms with Gasteiger partial charge >= 0.3 is 0 Å². The summed E-state index contributed by atoms with van der Waals surface area (Å²) >= 11 is 0. The molecule has 5 heteroatoms. The molecule has 0 saturated carbocycles. The molecule has 0 fully saturated rings. The average Bonchev–Trinajstić information content (AvgIpc) is 2.67. The smallest absolute Gasteiger partial charge is 0.271 e. The van der Waals surface area contributed by atoms with Gasteiger partial charge < -0.3 is 5.32 Å². The lowest BCUT2D eigenvalue weighted by Crippen LogP contribution is -2.19. The van der Waals surface area contributed by atoms with E-state index in [0.29, 0.717) is 16.8 Å². The summed E-state index contributed by atoms with van der Waals surface area (Å²) in [6.07, 6.45) is 4.29. The first-order chi connectivity index (χ1) is 13.0. The fraction of sp³-hybridized carbons (Fsp3) is 0.318. The van der Waals surface area contributed by atoms with Crippen molar-refractivity contribution in [3.05, 3.63) is 65.2 Å². The molecule has 2 aromatic rings. The molecule has 2 aromatic carbocycles. The van der Waals surface area contributed by atoms with Crippen molar-refractivity contribution < 1.29 is 9.59 Å². The number of hydrogen-bond donors (Lipinski definition) is 2. The summed E-state index contributed by atoms with van der Waals surface area (Å²) in [5, 5.41) is 6.97. The maximum atomic E-state index is 12.3. The Bertz CT molecular complexity index is 811. The normalized spacial score (nSPS) is 11.1. The van der Waals surface area contributed by atoms with Crippen molar-refractivity contribution in [3.63, 3.8) is 0 Å². The van der Waals surface area contributed by atoms with E-state index in [4.69, 9.17) is 0 Å². The van der Waals surface area contributed by atoms with Gasteiger partial charge in [0.15, 0.2) is 0 Å². The monoisotopic (exact) mass is 365 g/mol. The van der Waals surface area contributed by atoms with Crippen LogP contribution in [0.25, 0.3) is 0 Å². The average molecular weight is 365 g/mol. The van der Waals surface area contributed by atoms with Crippen molar-refractivity contribution in [2.24, 2.45) is 5.10 Å². The van der Waals surface area contributed by atoms with Gasteiger partial charge in [0.25, 0.3) is 11.8 Å². The third-order valence-electron chi connectivity index (χ3n) is 4.18. The largest absolute Gasteiger partial charge is 0.322 e. The van der Waals surface area contributed by atoms with Crippen LogP contribution in [0.1, 0.15) is 65.8 Å². The van der Waals surface area contributed by atoms with Crippen molar-refractivity contribution in [1.29, 1.82) is 0 Å². The summed E-state index contributed by atoms with van der Waals surface area (Å²) in [6.45, 7) is 6.01. The molecule has 0 radical (unpaired) electrons. The minimum absolute atomic E-state index is 0.178. The van der Waals surface area contributed by atoms with Crippen LogP contribution in [0, 0.1) is 6.92 Å². The van der Waals surface area contributed by atoms with E-state index in [1.807, 2.05) is 32.0 Å². The fourth-order valence-corrected chi connectivity index (χ4v) is 2.59. The minimum Gasteiger partial charge on any atom is -0.322 e. The molecule has 2 amide bonds. The Morgan fingerprint density at radius 1 is 0.963 bits per heavy atom. The second-order valence-electron chi connectivity index (χ2n) is 6.65. The number of aryl methyl sites for hydroxylation is 1. The molecule has 0 aliphatic carbocycles. The highest BCUT2D eigenvalue weighted by Gasteiger charge is 2.08. The molecule has 5 nitrogen and oxygen atoms in total. The molecule has 2 N–H and O–H groups in total. The Morgan fingerprint density at radius 3 is 2.37 bits per heavy atom. The van der Waals surface area contributed by atoms with Gasteiger partial charge in [0, 0.05) is 22.5 Å². The maximum absolute atomic E-state index is 12.3. The Hall–Kier alpha value is -2.95. The van der Waals surface area contributed by atoms with Crippen molar-refractivity contribution in [2.45, 2.75) is 46.5 Å². The van der Waals surface area contributed by atoms with Gasteiger partial charge in [0.1, 0.15) is 0 Å². The van der Waals surface area contributed by atoms with E-state index in [-0.39, 0.29) is 11.8 Å². The van der Waals surface area contributed by atoms with Gasteiger partial charge in [-0.2, -0.15) is 5.10 Å². The van der Waals surface area contributed by atoms with Crippen LogP contribution in [0.5, 0.6) is 0 Å².